The standard InChI is InChI=1S/C55H58N4/c1-5-9-21-39(7-3)37-55(38-40(8-4)22-10-6-2)47-35-43(51-49-27-17-19-33-58(49)53(56-51)41-23-13-11-14-24-41)29-31-45(47)46-32-30-44(36-48(46)55)52-50-28-18-20-34-59(50)54(57-52)42-25-15-12-16-26-42/h11-20,23-36,39-40H,5-10,21-22,37-38H2,1-4H3. The Morgan fingerprint density at radius 2 is 0.898 bits per heavy atom. The smallest absolute Gasteiger partial charge is 0.145 e. The number of aromatic nitrogens is 4. The van der Waals surface area contributed by atoms with Gasteiger partial charge in [-0.05, 0) is 83.3 Å². The first kappa shape index (κ1) is 38.8. The van der Waals surface area contributed by atoms with Crippen LogP contribution in [0.5, 0.6) is 0 Å². The number of hydrogen-bond donors (Lipinski definition) is 0. The highest BCUT2D eigenvalue weighted by Gasteiger charge is 2.46. The molecule has 59 heavy (non-hydrogen) atoms. The number of fused-ring (bicyclic) bond motifs is 5. The van der Waals surface area contributed by atoms with Gasteiger partial charge in [0.15, 0.2) is 0 Å². The van der Waals surface area contributed by atoms with Gasteiger partial charge in [-0.25, -0.2) is 9.97 Å². The van der Waals surface area contributed by atoms with Crippen molar-refractivity contribution < 1.29 is 0 Å². The highest BCUT2D eigenvalue weighted by molar-refractivity contribution is 5.90. The maximum atomic E-state index is 5.45. The molecule has 0 amide bonds. The van der Waals surface area contributed by atoms with Crippen LogP contribution in [0.1, 0.15) is 103 Å². The first-order valence-corrected chi connectivity index (χ1v) is 22.4. The first-order valence-electron chi connectivity index (χ1n) is 22.4. The number of hydrogen-bond acceptors (Lipinski definition) is 2. The molecule has 4 heterocycles. The fraction of sp³-hybridized carbons (Fsp3) is 0.309. The molecule has 0 fully saturated rings. The lowest BCUT2D eigenvalue weighted by molar-refractivity contribution is 0.266. The summed E-state index contributed by atoms with van der Waals surface area (Å²) in [5.74, 6) is 3.21. The molecule has 9 rings (SSSR count). The van der Waals surface area contributed by atoms with E-state index >= 15 is 0 Å². The second-order valence-corrected chi connectivity index (χ2v) is 17.1. The molecule has 298 valence electrons. The minimum Gasteiger partial charge on any atom is -0.299 e. The van der Waals surface area contributed by atoms with Crippen LogP contribution in [0.15, 0.2) is 146 Å². The third-order valence-electron chi connectivity index (χ3n) is 13.4. The second-order valence-electron chi connectivity index (χ2n) is 17.1. The summed E-state index contributed by atoms with van der Waals surface area (Å²) in [6.07, 6.45) is 16.5. The molecule has 1 aliphatic rings. The van der Waals surface area contributed by atoms with Gasteiger partial charge in [-0.2, -0.15) is 0 Å². The zero-order chi connectivity index (χ0) is 40.3. The van der Waals surface area contributed by atoms with Crippen molar-refractivity contribution in [1.82, 2.24) is 18.8 Å². The number of rotatable bonds is 16. The van der Waals surface area contributed by atoms with Crippen LogP contribution in [0.2, 0.25) is 0 Å². The molecule has 0 spiro atoms. The molecular formula is C55H58N4. The third-order valence-corrected chi connectivity index (χ3v) is 13.4. The Hall–Kier alpha value is -5.74. The van der Waals surface area contributed by atoms with Crippen LogP contribution >= 0.6 is 0 Å². The fourth-order valence-corrected chi connectivity index (χ4v) is 10.3. The van der Waals surface area contributed by atoms with Crippen LogP contribution in [0, 0.1) is 11.8 Å². The molecule has 0 N–H and O–H groups in total. The molecule has 0 radical (unpaired) electrons. The predicted octanol–water partition coefficient (Wildman–Crippen LogP) is 15.1. The van der Waals surface area contributed by atoms with Crippen molar-refractivity contribution in [2.75, 3.05) is 0 Å². The Kier molecular flexibility index (Phi) is 11.1. The fourth-order valence-electron chi connectivity index (χ4n) is 10.3. The predicted molar refractivity (Wildman–Crippen MR) is 248 cm³/mol. The van der Waals surface area contributed by atoms with Crippen molar-refractivity contribution in [3.05, 3.63) is 157 Å². The van der Waals surface area contributed by atoms with E-state index in [2.05, 4.69) is 182 Å². The first-order chi connectivity index (χ1) is 29.1. The van der Waals surface area contributed by atoms with E-state index in [4.69, 9.17) is 9.97 Å². The maximum Gasteiger partial charge on any atom is 0.145 e. The van der Waals surface area contributed by atoms with E-state index in [-0.39, 0.29) is 5.41 Å². The largest absolute Gasteiger partial charge is 0.299 e. The summed E-state index contributed by atoms with van der Waals surface area (Å²) in [5.41, 5.74) is 14.6. The van der Waals surface area contributed by atoms with Crippen LogP contribution in [-0.2, 0) is 5.41 Å². The lowest BCUT2D eigenvalue weighted by atomic mass is 9.65. The van der Waals surface area contributed by atoms with E-state index in [0.29, 0.717) is 11.8 Å². The van der Waals surface area contributed by atoms with E-state index in [0.717, 1.165) is 58.0 Å². The number of nitrogens with zero attached hydrogens (tertiary/aromatic N) is 4. The van der Waals surface area contributed by atoms with E-state index in [9.17, 15) is 0 Å². The van der Waals surface area contributed by atoms with Crippen LogP contribution < -0.4 is 0 Å². The summed E-state index contributed by atoms with van der Waals surface area (Å²) < 4.78 is 4.53. The summed E-state index contributed by atoms with van der Waals surface area (Å²) in [6, 6.07) is 48.9. The van der Waals surface area contributed by atoms with Gasteiger partial charge in [0.05, 0.1) is 22.4 Å². The lowest BCUT2D eigenvalue weighted by Crippen LogP contribution is -2.31. The highest BCUT2D eigenvalue weighted by Crippen LogP contribution is 2.58. The normalized spacial score (nSPS) is 14.1. The number of unbranched alkanes of at least 4 members (excludes halogenated alkanes) is 2. The molecule has 0 bridgehead atoms. The summed E-state index contributed by atoms with van der Waals surface area (Å²) in [4.78, 5) is 10.9. The zero-order valence-electron chi connectivity index (χ0n) is 35.4. The minimum absolute atomic E-state index is 0.144. The van der Waals surface area contributed by atoms with Crippen molar-refractivity contribution in [2.24, 2.45) is 11.8 Å². The number of pyridine rings is 2. The van der Waals surface area contributed by atoms with Crippen LogP contribution in [0.3, 0.4) is 0 Å². The van der Waals surface area contributed by atoms with Crippen molar-refractivity contribution in [3.63, 3.8) is 0 Å². The SMILES string of the molecule is CCCCC(CC)CC1(CC(CC)CCCC)c2cc(-c3nc(-c4ccccc4)n4ccccc34)ccc2-c2ccc(-c3nc(-c4ccccc4)n4ccccc34)cc21. The molecule has 2 unspecified atom stereocenters. The number of imidazole rings is 2. The van der Waals surface area contributed by atoms with Gasteiger partial charge in [0.2, 0.25) is 0 Å². The Balaban J connectivity index is 1.27. The molecule has 1 aliphatic carbocycles. The summed E-state index contributed by atoms with van der Waals surface area (Å²) in [5, 5.41) is 0. The zero-order valence-corrected chi connectivity index (χ0v) is 35.4. The number of benzene rings is 4. The van der Waals surface area contributed by atoms with E-state index in [1.54, 1.807) is 0 Å². The molecule has 0 saturated carbocycles. The van der Waals surface area contributed by atoms with Crippen LogP contribution in [0.25, 0.3) is 67.5 Å². The van der Waals surface area contributed by atoms with Gasteiger partial charge in [-0.15, -0.1) is 0 Å². The molecule has 4 aromatic heterocycles. The Morgan fingerprint density at radius 3 is 1.31 bits per heavy atom. The summed E-state index contributed by atoms with van der Waals surface area (Å²) in [6.45, 7) is 9.54. The van der Waals surface area contributed by atoms with Gasteiger partial charge in [0.1, 0.15) is 11.6 Å². The Labute approximate surface area is 351 Å². The molecule has 8 aromatic rings. The molecular weight excluding hydrogens is 717 g/mol. The average molecular weight is 775 g/mol. The molecule has 0 saturated heterocycles. The Morgan fingerprint density at radius 1 is 0.475 bits per heavy atom. The topological polar surface area (TPSA) is 34.6 Å². The van der Waals surface area contributed by atoms with Crippen molar-refractivity contribution in [3.8, 4) is 56.4 Å². The van der Waals surface area contributed by atoms with Gasteiger partial charge in [-0.3, -0.25) is 8.80 Å². The molecule has 2 atom stereocenters. The summed E-state index contributed by atoms with van der Waals surface area (Å²) in [7, 11) is 0. The Bertz CT molecular complexity index is 2500. The van der Waals surface area contributed by atoms with Crippen molar-refractivity contribution in [1.29, 1.82) is 0 Å². The van der Waals surface area contributed by atoms with Gasteiger partial charge in [0, 0.05) is 40.1 Å². The van der Waals surface area contributed by atoms with Crippen molar-refractivity contribution in [2.45, 2.75) is 97.3 Å². The quantitative estimate of drug-likeness (QED) is 0.0980. The molecule has 4 nitrogen and oxygen atoms in total. The van der Waals surface area contributed by atoms with Crippen LogP contribution in [-0.4, -0.2) is 18.8 Å². The van der Waals surface area contributed by atoms with Gasteiger partial charge in [0.25, 0.3) is 0 Å². The second kappa shape index (κ2) is 16.9. The van der Waals surface area contributed by atoms with Gasteiger partial charge in [-0.1, -0.05) is 176 Å². The maximum absolute atomic E-state index is 5.45. The minimum atomic E-state index is -0.144. The van der Waals surface area contributed by atoms with E-state index in [1.807, 2.05) is 0 Å². The third kappa shape index (κ3) is 7.11. The highest BCUT2D eigenvalue weighted by atomic mass is 15.0. The van der Waals surface area contributed by atoms with E-state index < -0.39 is 0 Å². The van der Waals surface area contributed by atoms with Gasteiger partial charge >= 0.3 is 0 Å². The average Bonchev–Trinajstić information content (AvgIpc) is 3.96. The van der Waals surface area contributed by atoms with Crippen LogP contribution in [0.4, 0.5) is 0 Å². The summed E-state index contributed by atoms with van der Waals surface area (Å²) >= 11 is 0. The van der Waals surface area contributed by atoms with E-state index in [1.165, 1.54) is 84.7 Å². The molecule has 4 heteroatoms. The molecule has 0 aliphatic heterocycles. The monoisotopic (exact) mass is 774 g/mol. The lowest BCUT2D eigenvalue weighted by Gasteiger charge is -2.39. The van der Waals surface area contributed by atoms with Crippen molar-refractivity contribution >= 4 is 11.0 Å². The van der Waals surface area contributed by atoms with Gasteiger partial charge < -0.3 is 0 Å². The molecule has 4 aromatic carbocycles.